The first-order chi connectivity index (χ1) is 8.76. The molecule has 0 bridgehead atoms. The summed E-state index contributed by atoms with van der Waals surface area (Å²) in [4.78, 5) is 0. The van der Waals surface area contributed by atoms with Gasteiger partial charge in [0.15, 0.2) is 0 Å². The topological polar surface area (TPSA) is 0 Å². The van der Waals surface area contributed by atoms with Crippen LogP contribution in [0.4, 0.5) is 0 Å². The van der Waals surface area contributed by atoms with E-state index in [4.69, 9.17) is 0 Å². The van der Waals surface area contributed by atoms with E-state index >= 15 is 0 Å². The van der Waals surface area contributed by atoms with Gasteiger partial charge in [0.25, 0.3) is 0 Å². The molecule has 0 radical (unpaired) electrons. The molecule has 0 unspecified atom stereocenters. The smallest absolute Gasteiger partial charge is 0.0254 e. The molecule has 18 heavy (non-hydrogen) atoms. The molecule has 1 aliphatic rings. The summed E-state index contributed by atoms with van der Waals surface area (Å²) in [6, 6.07) is 0. The SMILES string of the molecule is C=CC=CC(=CCCCC)CC1CCC(C)CC1. The van der Waals surface area contributed by atoms with E-state index in [1.165, 1.54) is 56.9 Å². The lowest BCUT2D eigenvalue weighted by Gasteiger charge is -2.26. The molecule has 0 aromatic rings. The third-order valence-electron chi connectivity index (χ3n) is 4.07. The normalized spacial score (nSPS) is 25.6. The van der Waals surface area contributed by atoms with Crippen LogP contribution in [0.15, 0.2) is 36.5 Å². The zero-order valence-corrected chi connectivity index (χ0v) is 12.3. The maximum Gasteiger partial charge on any atom is -0.0254 e. The Balaban J connectivity index is 2.46. The average Bonchev–Trinajstić information content (AvgIpc) is 2.38. The summed E-state index contributed by atoms with van der Waals surface area (Å²) in [5.41, 5.74) is 1.53. The Morgan fingerprint density at radius 1 is 1.22 bits per heavy atom. The second-order valence-corrected chi connectivity index (χ2v) is 5.85. The minimum absolute atomic E-state index is 0.920. The molecule has 0 N–H and O–H groups in total. The first kappa shape index (κ1) is 15.3. The van der Waals surface area contributed by atoms with Gasteiger partial charge in [-0.3, -0.25) is 0 Å². The minimum Gasteiger partial charge on any atom is -0.0991 e. The molecule has 0 amide bonds. The monoisotopic (exact) mass is 246 g/mol. The zero-order valence-electron chi connectivity index (χ0n) is 12.3. The van der Waals surface area contributed by atoms with E-state index in [9.17, 15) is 0 Å². The van der Waals surface area contributed by atoms with Crippen LogP contribution in [0, 0.1) is 11.8 Å². The third-order valence-corrected chi connectivity index (χ3v) is 4.07. The molecule has 0 heterocycles. The van der Waals surface area contributed by atoms with Crippen LogP contribution in [0.3, 0.4) is 0 Å². The van der Waals surface area contributed by atoms with Gasteiger partial charge in [-0.2, -0.15) is 0 Å². The zero-order chi connectivity index (χ0) is 13.2. The quantitative estimate of drug-likeness (QED) is 0.378. The number of hydrogen-bond donors (Lipinski definition) is 0. The van der Waals surface area contributed by atoms with Crippen LogP contribution in [-0.2, 0) is 0 Å². The van der Waals surface area contributed by atoms with Crippen LogP contribution in [0.2, 0.25) is 0 Å². The molecular weight excluding hydrogens is 216 g/mol. The largest absolute Gasteiger partial charge is 0.0991 e. The molecule has 0 spiro atoms. The molecule has 1 rings (SSSR count). The number of allylic oxidation sites excluding steroid dienone is 5. The van der Waals surface area contributed by atoms with E-state index < -0.39 is 0 Å². The first-order valence-corrected chi connectivity index (χ1v) is 7.74. The van der Waals surface area contributed by atoms with E-state index in [2.05, 4.69) is 38.7 Å². The van der Waals surface area contributed by atoms with E-state index in [0.717, 1.165) is 11.8 Å². The Morgan fingerprint density at radius 3 is 2.56 bits per heavy atom. The predicted molar refractivity (Wildman–Crippen MR) is 82.7 cm³/mol. The van der Waals surface area contributed by atoms with E-state index in [0.29, 0.717) is 0 Å². The van der Waals surface area contributed by atoms with Gasteiger partial charge in [-0.05, 0) is 37.5 Å². The van der Waals surface area contributed by atoms with Crippen molar-refractivity contribution in [2.24, 2.45) is 11.8 Å². The van der Waals surface area contributed by atoms with Gasteiger partial charge in [0.2, 0.25) is 0 Å². The summed E-state index contributed by atoms with van der Waals surface area (Å²) >= 11 is 0. The Labute approximate surface area is 114 Å². The maximum absolute atomic E-state index is 3.77. The molecule has 1 fully saturated rings. The van der Waals surface area contributed by atoms with Crippen molar-refractivity contribution in [1.29, 1.82) is 0 Å². The predicted octanol–water partition coefficient (Wildman–Crippen LogP) is 6.06. The fourth-order valence-electron chi connectivity index (χ4n) is 2.77. The highest BCUT2D eigenvalue weighted by molar-refractivity contribution is 5.22. The summed E-state index contributed by atoms with van der Waals surface area (Å²) in [6.45, 7) is 8.43. The Morgan fingerprint density at radius 2 is 1.94 bits per heavy atom. The summed E-state index contributed by atoms with van der Waals surface area (Å²) in [7, 11) is 0. The van der Waals surface area contributed by atoms with Crippen LogP contribution in [-0.4, -0.2) is 0 Å². The van der Waals surface area contributed by atoms with Crippen molar-refractivity contribution in [1.82, 2.24) is 0 Å². The molecule has 102 valence electrons. The Bertz CT molecular complexity index is 274. The minimum atomic E-state index is 0.920. The first-order valence-electron chi connectivity index (χ1n) is 7.74. The van der Waals surface area contributed by atoms with Crippen molar-refractivity contribution in [3.8, 4) is 0 Å². The summed E-state index contributed by atoms with van der Waals surface area (Å²) < 4.78 is 0. The summed E-state index contributed by atoms with van der Waals surface area (Å²) in [5.74, 6) is 1.88. The van der Waals surface area contributed by atoms with Crippen molar-refractivity contribution < 1.29 is 0 Å². The van der Waals surface area contributed by atoms with Crippen LogP contribution in [0.5, 0.6) is 0 Å². The maximum atomic E-state index is 3.77. The van der Waals surface area contributed by atoms with Gasteiger partial charge in [-0.1, -0.05) is 76.0 Å². The Kier molecular flexibility index (Phi) is 7.80. The summed E-state index contributed by atoms with van der Waals surface area (Å²) in [5, 5.41) is 0. The van der Waals surface area contributed by atoms with Crippen molar-refractivity contribution in [2.75, 3.05) is 0 Å². The van der Waals surface area contributed by atoms with Crippen molar-refractivity contribution >= 4 is 0 Å². The Hall–Kier alpha value is -0.780. The molecule has 1 aliphatic carbocycles. The van der Waals surface area contributed by atoms with Crippen molar-refractivity contribution in [3.63, 3.8) is 0 Å². The van der Waals surface area contributed by atoms with Crippen LogP contribution >= 0.6 is 0 Å². The molecule has 0 aromatic heterocycles. The molecule has 1 saturated carbocycles. The number of hydrogen-bond acceptors (Lipinski definition) is 0. The molecule has 0 heteroatoms. The molecule has 0 aromatic carbocycles. The van der Waals surface area contributed by atoms with Crippen molar-refractivity contribution in [3.05, 3.63) is 36.5 Å². The number of unbranched alkanes of at least 4 members (excludes halogenated alkanes) is 2. The highest BCUT2D eigenvalue weighted by Gasteiger charge is 2.18. The summed E-state index contributed by atoms with van der Waals surface area (Å²) in [6.07, 6.45) is 19.5. The highest BCUT2D eigenvalue weighted by Crippen LogP contribution is 2.32. The standard InChI is InChI=1S/C18H30/c1-4-6-8-10-17(9-7-5-2)15-18-13-11-16(3)12-14-18/h5,7,9-10,16,18H,2,4,6,8,11-15H2,1,3H3. The fraction of sp³-hybridized carbons (Fsp3) is 0.667. The lowest BCUT2D eigenvalue weighted by Crippen LogP contribution is -2.12. The molecule has 0 nitrogen and oxygen atoms in total. The van der Waals surface area contributed by atoms with E-state index in [-0.39, 0.29) is 0 Å². The van der Waals surface area contributed by atoms with Crippen molar-refractivity contribution in [2.45, 2.75) is 65.2 Å². The lowest BCUT2D eigenvalue weighted by atomic mass is 9.80. The molecule has 0 aliphatic heterocycles. The van der Waals surface area contributed by atoms with Gasteiger partial charge in [0.05, 0.1) is 0 Å². The van der Waals surface area contributed by atoms with E-state index in [1.54, 1.807) is 0 Å². The lowest BCUT2D eigenvalue weighted by molar-refractivity contribution is 0.289. The van der Waals surface area contributed by atoms with Gasteiger partial charge in [-0.15, -0.1) is 0 Å². The van der Waals surface area contributed by atoms with Crippen LogP contribution in [0.25, 0.3) is 0 Å². The molecule has 0 atom stereocenters. The van der Waals surface area contributed by atoms with Gasteiger partial charge < -0.3 is 0 Å². The van der Waals surface area contributed by atoms with Gasteiger partial charge in [0.1, 0.15) is 0 Å². The van der Waals surface area contributed by atoms with Gasteiger partial charge in [-0.25, -0.2) is 0 Å². The fourth-order valence-corrected chi connectivity index (χ4v) is 2.77. The van der Waals surface area contributed by atoms with E-state index in [1.807, 2.05) is 6.08 Å². The number of rotatable bonds is 7. The molecular formula is C18H30. The van der Waals surface area contributed by atoms with Gasteiger partial charge >= 0.3 is 0 Å². The average molecular weight is 246 g/mol. The second-order valence-electron chi connectivity index (χ2n) is 5.85. The third kappa shape index (κ3) is 6.23. The molecule has 0 saturated heterocycles. The highest BCUT2D eigenvalue weighted by atomic mass is 14.2. The van der Waals surface area contributed by atoms with Crippen LogP contribution in [0.1, 0.15) is 65.2 Å². The van der Waals surface area contributed by atoms with Gasteiger partial charge in [0, 0.05) is 0 Å². The second kappa shape index (κ2) is 9.19. The van der Waals surface area contributed by atoms with Crippen LogP contribution < -0.4 is 0 Å².